The van der Waals surface area contributed by atoms with Crippen LogP contribution in [0.4, 0.5) is 0 Å². The van der Waals surface area contributed by atoms with Crippen LogP contribution in [-0.4, -0.2) is 0 Å². The van der Waals surface area contributed by atoms with Crippen molar-refractivity contribution in [2.45, 2.75) is 32.1 Å². The monoisotopic (exact) mass is 172 g/mol. The minimum Gasteiger partial charge on any atom is -0.0985 e. The maximum absolute atomic E-state index is 3.86. The first-order chi connectivity index (χ1) is 6.35. The highest BCUT2D eigenvalue weighted by atomic mass is 14.3. The minimum absolute atomic E-state index is 0.851. The van der Waals surface area contributed by atoms with E-state index in [2.05, 4.69) is 31.7 Å². The van der Waals surface area contributed by atoms with E-state index in [1.54, 1.807) is 0 Å². The van der Waals surface area contributed by atoms with Crippen LogP contribution in [0.15, 0.2) is 24.8 Å². The predicted octanol–water partition coefficient (Wildman–Crippen LogP) is 3.77. The second kappa shape index (κ2) is 3.37. The summed E-state index contributed by atoms with van der Waals surface area (Å²) >= 11 is 0. The van der Waals surface area contributed by atoms with Crippen LogP contribution in [0, 0.1) is 0 Å². The highest BCUT2D eigenvalue weighted by Crippen LogP contribution is 2.40. The van der Waals surface area contributed by atoms with Gasteiger partial charge in [0.1, 0.15) is 0 Å². The van der Waals surface area contributed by atoms with Gasteiger partial charge in [0.2, 0.25) is 0 Å². The molecule has 1 fully saturated rings. The summed E-state index contributed by atoms with van der Waals surface area (Å²) in [6.07, 6.45) is 5.83. The largest absolute Gasteiger partial charge is 0.0985 e. The van der Waals surface area contributed by atoms with Crippen LogP contribution < -0.4 is 0 Å². The van der Waals surface area contributed by atoms with Crippen molar-refractivity contribution >= 4 is 6.08 Å². The summed E-state index contributed by atoms with van der Waals surface area (Å²) in [7, 11) is 0. The van der Waals surface area contributed by atoms with E-state index in [9.17, 15) is 0 Å². The molecule has 0 N–H and O–H groups in total. The van der Waals surface area contributed by atoms with E-state index in [-0.39, 0.29) is 0 Å². The van der Waals surface area contributed by atoms with Crippen molar-refractivity contribution in [2.75, 3.05) is 0 Å². The second-order valence-corrected chi connectivity index (χ2v) is 3.79. The maximum atomic E-state index is 3.86. The van der Waals surface area contributed by atoms with E-state index in [0.29, 0.717) is 0 Å². The molecule has 1 aromatic carbocycles. The van der Waals surface area contributed by atoms with E-state index < -0.39 is 0 Å². The first-order valence-electron chi connectivity index (χ1n) is 5.10. The van der Waals surface area contributed by atoms with Gasteiger partial charge in [-0.25, -0.2) is 0 Å². The third kappa shape index (κ3) is 1.67. The molecule has 0 heteroatoms. The Hall–Kier alpha value is -1.04. The lowest BCUT2D eigenvalue weighted by molar-refractivity contribution is 1.09. The lowest BCUT2D eigenvalue weighted by Gasteiger charge is -2.05. The Morgan fingerprint density at radius 3 is 2.77 bits per heavy atom. The SMILES string of the molecule is C=Cc1cc(C2CC2)ccc1CC. The first kappa shape index (κ1) is 8.55. The smallest absolute Gasteiger partial charge is 0.0161 e. The molecule has 13 heavy (non-hydrogen) atoms. The van der Waals surface area contributed by atoms with Crippen molar-refractivity contribution in [1.29, 1.82) is 0 Å². The summed E-state index contributed by atoms with van der Waals surface area (Å²) in [6, 6.07) is 6.84. The lowest BCUT2D eigenvalue weighted by atomic mass is 10.00. The summed E-state index contributed by atoms with van der Waals surface area (Å²) in [5, 5.41) is 0. The molecule has 0 nitrogen and oxygen atoms in total. The van der Waals surface area contributed by atoms with Crippen molar-refractivity contribution in [1.82, 2.24) is 0 Å². The Morgan fingerprint density at radius 1 is 1.46 bits per heavy atom. The molecule has 2 rings (SSSR count). The normalized spacial score (nSPS) is 15.8. The fourth-order valence-corrected chi connectivity index (χ4v) is 1.80. The van der Waals surface area contributed by atoms with Gasteiger partial charge >= 0.3 is 0 Å². The summed E-state index contributed by atoms with van der Waals surface area (Å²) < 4.78 is 0. The lowest BCUT2D eigenvalue weighted by Crippen LogP contribution is -1.88. The molecule has 0 aromatic heterocycles. The van der Waals surface area contributed by atoms with Crippen molar-refractivity contribution in [3.63, 3.8) is 0 Å². The molecule has 0 amide bonds. The van der Waals surface area contributed by atoms with Crippen LogP contribution in [0.3, 0.4) is 0 Å². The molecule has 0 heterocycles. The van der Waals surface area contributed by atoms with Gasteiger partial charge < -0.3 is 0 Å². The molecule has 0 saturated heterocycles. The van der Waals surface area contributed by atoms with Gasteiger partial charge in [0.15, 0.2) is 0 Å². The molecule has 0 unspecified atom stereocenters. The van der Waals surface area contributed by atoms with Gasteiger partial charge in [0.25, 0.3) is 0 Å². The van der Waals surface area contributed by atoms with Crippen LogP contribution >= 0.6 is 0 Å². The number of rotatable bonds is 3. The first-order valence-corrected chi connectivity index (χ1v) is 5.10. The molecule has 0 radical (unpaired) electrons. The summed E-state index contributed by atoms with van der Waals surface area (Å²) in [6.45, 7) is 6.05. The molecule has 0 aliphatic heterocycles. The van der Waals surface area contributed by atoms with E-state index in [1.165, 1.54) is 29.5 Å². The predicted molar refractivity (Wildman–Crippen MR) is 57.9 cm³/mol. The molecular formula is C13H16. The van der Waals surface area contributed by atoms with Gasteiger partial charge in [-0.05, 0) is 41.9 Å². The van der Waals surface area contributed by atoms with Crippen LogP contribution in [0.25, 0.3) is 6.08 Å². The minimum atomic E-state index is 0.851. The number of hydrogen-bond donors (Lipinski definition) is 0. The van der Waals surface area contributed by atoms with E-state index in [4.69, 9.17) is 0 Å². The standard InChI is InChI=1S/C13H16/c1-3-10-5-8-13(12-6-7-12)9-11(10)4-2/h4-5,8-9,12H,2-3,6-7H2,1H3. The number of aryl methyl sites for hydroxylation is 1. The molecule has 1 aliphatic rings. The summed E-state index contributed by atoms with van der Waals surface area (Å²) in [5.41, 5.74) is 4.25. The molecule has 0 spiro atoms. The van der Waals surface area contributed by atoms with Gasteiger partial charge in [0, 0.05) is 0 Å². The maximum Gasteiger partial charge on any atom is -0.0161 e. The average Bonchev–Trinajstić information content (AvgIpc) is 3.00. The Labute approximate surface area is 80.3 Å². The molecular weight excluding hydrogens is 156 g/mol. The number of benzene rings is 1. The van der Waals surface area contributed by atoms with Crippen LogP contribution in [0.5, 0.6) is 0 Å². The van der Waals surface area contributed by atoms with Gasteiger partial charge in [0.05, 0.1) is 0 Å². The Kier molecular flexibility index (Phi) is 2.22. The van der Waals surface area contributed by atoms with Gasteiger partial charge in [-0.3, -0.25) is 0 Å². The zero-order valence-electron chi connectivity index (χ0n) is 8.22. The van der Waals surface area contributed by atoms with Crippen LogP contribution in [0.2, 0.25) is 0 Å². The average molecular weight is 172 g/mol. The molecule has 0 atom stereocenters. The van der Waals surface area contributed by atoms with Gasteiger partial charge in [-0.2, -0.15) is 0 Å². The Bertz CT molecular complexity index is 319. The zero-order chi connectivity index (χ0) is 9.26. The van der Waals surface area contributed by atoms with Crippen molar-refractivity contribution in [2.24, 2.45) is 0 Å². The van der Waals surface area contributed by atoms with E-state index in [1.807, 2.05) is 6.08 Å². The van der Waals surface area contributed by atoms with Crippen LogP contribution in [0.1, 0.15) is 42.4 Å². The zero-order valence-corrected chi connectivity index (χ0v) is 8.22. The fraction of sp³-hybridized carbons (Fsp3) is 0.385. The van der Waals surface area contributed by atoms with Gasteiger partial charge in [-0.1, -0.05) is 37.8 Å². The fourth-order valence-electron chi connectivity index (χ4n) is 1.80. The van der Waals surface area contributed by atoms with E-state index in [0.717, 1.165) is 12.3 Å². The molecule has 1 saturated carbocycles. The van der Waals surface area contributed by atoms with Crippen molar-refractivity contribution in [3.05, 3.63) is 41.5 Å². The Balaban J connectivity index is 2.36. The second-order valence-electron chi connectivity index (χ2n) is 3.79. The molecule has 68 valence electrons. The van der Waals surface area contributed by atoms with Gasteiger partial charge in [-0.15, -0.1) is 0 Å². The topological polar surface area (TPSA) is 0 Å². The van der Waals surface area contributed by atoms with Crippen molar-refractivity contribution in [3.8, 4) is 0 Å². The molecule has 1 aliphatic carbocycles. The van der Waals surface area contributed by atoms with E-state index >= 15 is 0 Å². The Morgan fingerprint density at radius 2 is 2.23 bits per heavy atom. The third-order valence-electron chi connectivity index (χ3n) is 2.82. The highest BCUT2D eigenvalue weighted by molar-refractivity contribution is 5.54. The van der Waals surface area contributed by atoms with Crippen LogP contribution in [-0.2, 0) is 6.42 Å². The third-order valence-corrected chi connectivity index (χ3v) is 2.82. The number of hydrogen-bond acceptors (Lipinski definition) is 0. The summed E-state index contributed by atoms with van der Waals surface area (Å²) in [4.78, 5) is 0. The summed E-state index contributed by atoms with van der Waals surface area (Å²) in [5.74, 6) is 0.851. The molecule has 0 bridgehead atoms. The molecule has 1 aromatic rings. The quantitative estimate of drug-likeness (QED) is 0.651. The highest BCUT2D eigenvalue weighted by Gasteiger charge is 2.23. The van der Waals surface area contributed by atoms with Crippen molar-refractivity contribution < 1.29 is 0 Å².